The van der Waals surface area contributed by atoms with Gasteiger partial charge in [0.05, 0.1) is 23.2 Å². The van der Waals surface area contributed by atoms with Gasteiger partial charge in [0.2, 0.25) is 5.82 Å². The van der Waals surface area contributed by atoms with Crippen molar-refractivity contribution in [2.24, 2.45) is 0 Å². The van der Waals surface area contributed by atoms with E-state index in [1.165, 1.54) is 4.68 Å². The minimum Gasteiger partial charge on any atom is -0.481 e. The summed E-state index contributed by atoms with van der Waals surface area (Å²) in [7, 11) is 0. The molecule has 1 aromatic heterocycles. The molecule has 2 N–H and O–H groups in total. The summed E-state index contributed by atoms with van der Waals surface area (Å²) in [5, 5.41) is 16.7. The largest absolute Gasteiger partial charge is 0.481 e. The fourth-order valence-electron chi connectivity index (χ4n) is 2.95. The molecule has 0 bridgehead atoms. The van der Waals surface area contributed by atoms with Crippen molar-refractivity contribution in [3.63, 3.8) is 0 Å². The molecule has 28 heavy (non-hydrogen) atoms. The van der Waals surface area contributed by atoms with E-state index in [9.17, 15) is 14.7 Å². The third-order valence-electron chi connectivity index (χ3n) is 4.30. The van der Waals surface area contributed by atoms with E-state index in [0.717, 1.165) is 11.1 Å². The van der Waals surface area contributed by atoms with Gasteiger partial charge >= 0.3 is 5.97 Å². The highest BCUT2D eigenvalue weighted by Crippen LogP contribution is 2.22. The lowest BCUT2D eigenvalue weighted by atomic mass is 9.99. The summed E-state index contributed by atoms with van der Waals surface area (Å²) in [4.78, 5) is 28.2. The summed E-state index contributed by atoms with van der Waals surface area (Å²) in [5.41, 5.74) is 2.23. The fourth-order valence-corrected chi connectivity index (χ4v) is 3.17. The topological polar surface area (TPSA) is 97.1 Å². The van der Waals surface area contributed by atoms with Gasteiger partial charge in [0.25, 0.3) is 5.91 Å². The number of carboxylic acids is 1. The van der Waals surface area contributed by atoms with Crippen LogP contribution in [0.5, 0.6) is 0 Å². The number of carbonyl (C=O) groups excluding carboxylic acids is 1. The van der Waals surface area contributed by atoms with Crippen LogP contribution < -0.4 is 5.32 Å². The number of aromatic nitrogens is 3. The number of hydrogen-bond acceptors (Lipinski definition) is 4. The number of halogens is 1. The van der Waals surface area contributed by atoms with Crippen LogP contribution in [0.25, 0.3) is 5.69 Å². The fraction of sp³-hybridized carbons (Fsp3) is 0.200. The van der Waals surface area contributed by atoms with Gasteiger partial charge in [-0.2, -0.15) is 0 Å². The molecule has 0 radical (unpaired) electrons. The van der Waals surface area contributed by atoms with Gasteiger partial charge in [-0.3, -0.25) is 9.59 Å². The molecule has 0 saturated heterocycles. The van der Waals surface area contributed by atoms with Crippen molar-refractivity contribution < 1.29 is 14.7 Å². The molecule has 0 spiro atoms. The van der Waals surface area contributed by atoms with Crippen LogP contribution in [0.2, 0.25) is 5.02 Å². The van der Waals surface area contributed by atoms with E-state index in [4.69, 9.17) is 11.6 Å². The first-order valence-corrected chi connectivity index (χ1v) is 9.01. The van der Waals surface area contributed by atoms with Gasteiger partial charge < -0.3 is 10.4 Å². The van der Waals surface area contributed by atoms with Gasteiger partial charge in [-0.1, -0.05) is 48.0 Å². The number of hydrogen-bond donors (Lipinski definition) is 2. The first-order valence-electron chi connectivity index (χ1n) is 8.63. The molecule has 3 rings (SSSR count). The molecule has 144 valence electrons. The molecule has 0 aliphatic heterocycles. The number of carboxylic acid groups (broad SMARTS) is 1. The lowest BCUT2D eigenvalue weighted by molar-refractivity contribution is -0.137. The number of para-hydroxylation sites is 1. The van der Waals surface area contributed by atoms with Crippen LogP contribution in [0, 0.1) is 13.8 Å². The average Bonchev–Trinajstić information content (AvgIpc) is 3.03. The molecule has 0 aliphatic rings. The van der Waals surface area contributed by atoms with Crippen molar-refractivity contribution in [2.75, 3.05) is 0 Å². The van der Waals surface area contributed by atoms with Crippen LogP contribution in [0.3, 0.4) is 0 Å². The minimum atomic E-state index is -1.01. The lowest BCUT2D eigenvalue weighted by Crippen LogP contribution is -2.31. The van der Waals surface area contributed by atoms with Crippen molar-refractivity contribution in [1.29, 1.82) is 0 Å². The second kappa shape index (κ2) is 8.22. The number of nitrogens with one attached hydrogen (secondary N) is 1. The highest BCUT2D eigenvalue weighted by Gasteiger charge is 2.23. The van der Waals surface area contributed by atoms with Gasteiger partial charge in [0.15, 0.2) is 0 Å². The first kappa shape index (κ1) is 19.6. The summed E-state index contributed by atoms with van der Waals surface area (Å²) in [6.45, 7) is 3.58. The average molecular weight is 399 g/mol. The van der Waals surface area contributed by atoms with Gasteiger partial charge in [0.1, 0.15) is 5.82 Å². The van der Waals surface area contributed by atoms with Crippen LogP contribution in [0.1, 0.15) is 40.0 Å². The molecule has 0 aliphatic carbocycles. The summed E-state index contributed by atoms with van der Waals surface area (Å²) >= 11 is 6.20. The predicted molar refractivity (Wildman–Crippen MR) is 105 cm³/mol. The standard InChI is InChI=1S/C20H19ClN4O3/c1-12-7-3-4-8-14(12)16(11-18(26)27)23-20(28)19-22-13(2)25(24-19)17-10-6-5-9-15(17)21/h3-10,16H,11H2,1-2H3,(H,23,28)(H,26,27). The molecule has 0 fully saturated rings. The Morgan fingerprint density at radius 2 is 1.82 bits per heavy atom. The SMILES string of the molecule is Cc1ccccc1C(CC(=O)O)NC(=O)c1nc(C)n(-c2ccccc2Cl)n1. The van der Waals surface area contributed by atoms with Gasteiger partial charge in [-0.15, -0.1) is 5.10 Å². The number of aliphatic carboxylic acids is 1. The van der Waals surface area contributed by atoms with Crippen LogP contribution in [-0.2, 0) is 4.79 Å². The van der Waals surface area contributed by atoms with E-state index in [2.05, 4.69) is 15.4 Å². The number of aryl methyl sites for hydroxylation is 2. The van der Waals surface area contributed by atoms with Gasteiger partial charge in [-0.25, -0.2) is 9.67 Å². The molecule has 8 heteroatoms. The van der Waals surface area contributed by atoms with Crippen molar-refractivity contribution in [3.05, 3.63) is 76.3 Å². The second-order valence-electron chi connectivity index (χ2n) is 6.33. The van der Waals surface area contributed by atoms with Gasteiger partial charge in [-0.05, 0) is 37.1 Å². The highest BCUT2D eigenvalue weighted by molar-refractivity contribution is 6.32. The maximum Gasteiger partial charge on any atom is 0.305 e. The molecule has 1 unspecified atom stereocenters. The van der Waals surface area contributed by atoms with Crippen molar-refractivity contribution in [2.45, 2.75) is 26.3 Å². The van der Waals surface area contributed by atoms with E-state index >= 15 is 0 Å². The third kappa shape index (κ3) is 4.20. The summed E-state index contributed by atoms with van der Waals surface area (Å²) in [5.74, 6) is -1.13. The summed E-state index contributed by atoms with van der Waals surface area (Å²) in [6, 6.07) is 13.7. The third-order valence-corrected chi connectivity index (χ3v) is 4.62. The van der Waals surface area contributed by atoms with Crippen LogP contribution in [0.15, 0.2) is 48.5 Å². The van der Waals surface area contributed by atoms with Crippen LogP contribution >= 0.6 is 11.6 Å². The predicted octanol–water partition coefficient (Wildman–Crippen LogP) is 3.48. The van der Waals surface area contributed by atoms with E-state index in [1.54, 1.807) is 37.3 Å². The van der Waals surface area contributed by atoms with Crippen molar-refractivity contribution in [3.8, 4) is 5.69 Å². The zero-order valence-corrected chi connectivity index (χ0v) is 16.1. The molecule has 2 aromatic carbocycles. The Kier molecular flexibility index (Phi) is 5.75. The quantitative estimate of drug-likeness (QED) is 0.662. The monoisotopic (exact) mass is 398 g/mol. The molecule has 3 aromatic rings. The highest BCUT2D eigenvalue weighted by atomic mass is 35.5. The molecule has 0 saturated carbocycles. The first-order chi connectivity index (χ1) is 13.4. The summed E-state index contributed by atoms with van der Waals surface area (Å²) in [6.07, 6.45) is -0.249. The molecule has 7 nitrogen and oxygen atoms in total. The molecule has 1 heterocycles. The van der Waals surface area contributed by atoms with Crippen LogP contribution in [-0.4, -0.2) is 31.7 Å². The molecular formula is C20H19ClN4O3. The number of benzene rings is 2. The van der Waals surface area contributed by atoms with E-state index < -0.39 is 17.9 Å². The van der Waals surface area contributed by atoms with E-state index in [1.807, 2.05) is 25.1 Å². The summed E-state index contributed by atoms with van der Waals surface area (Å²) < 4.78 is 1.48. The Bertz CT molecular complexity index is 1030. The maximum absolute atomic E-state index is 12.7. The van der Waals surface area contributed by atoms with Crippen LogP contribution in [0.4, 0.5) is 0 Å². The normalized spacial score (nSPS) is 11.8. The molecule has 1 amide bonds. The van der Waals surface area contributed by atoms with Crippen molar-refractivity contribution in [1.82, 2.24) is 20.1 Å². The maximum atomic E-state index is 12.7. The molecule has 1 atom stereocenters. The Morgan fingerprint density at radius 3 is 2.50 bits per heavy atom. The zero-order valence-electron chi connectivity index (χ0n) is 15.4. The zero-order chi connectivity index (χ0) is 20.3. The van der Waals surface area contributed by atoms with E-state index in [0.29, 0.717) is 16.5 Å². The minimum absolute atomic E-state index is 0.0543. The number of rotatable bonds is 6. The molecular weight excluding hydrogens is 380 g/mol. The lowest BCUT2D eigenvalue weighted by Gasteiger charge is -2.18. The number of carbonyl (C=O) groups is 2. The van der Waals surface area contributed by atoms with Crippen molar-refractivity contribution >= 4 is 23.5 Å². The Balaban J connectivity index is 1.89. The Hall–Kier alpha value is -3.19. The number of amides is 1. The van der Waals surface area contributed by atoms with Gasteiger partial charge in [0, 0.05) is 0 Å². The Labute approximate surface area is 167 Å². The number of nitrogens with zero attached hydrogens (tertiary/aromatic N) is 3. The van der Waals surface area contributed by atoms with E-state index in [-0.39, 0.29) is 12.2 Å². The Morgan fingerprint density at radius 1 is 1.14 bits per heavy atom. The smallest absolute Gasteiger partial charge is 0.305 e. The second-order valence-corrected chi connectivity index (χ2v) is 6.73.